The average molecular weight is 425 g/mol. The Kier molecular flexibility index (Phi) is 4.84. The van der Waals surface area contributed by atoms with E-state index in [1.54, 1.807) is 0 Å². The van der Waals surface area contributed by atoms with Gasteiger partial charge in [-0.3, -0.25) is 4.79 Å². The molecule has 0 radical (unpaired) electrons. The monoisotopic (exact) mass is 424 g/mol. The Hall–Kier alpha value is -3.77. The summed E-state index contributed by atoms with van der Waals surface area (Å²) in [5, 5.41) is 3.91. The minimum Gasteiger partial charge on any atom is -0.321 e. The highest BCUT2D eigenvalue weighted by molar-refractivity contribution is 7.17. The van der Waals surface area contributed by atoms with Gasteiger partial charge in [-0.15, -0.1) is 11.3 Å². The van der Waals surface area contributed by atoms with Crippen LogP contribution in [0.1, 0.15) is 20.9 Å². The molecule has 0 aliphatic rings. The van der Waals surface area contributed by atoms with E-state index in [0.717, 1.165) is 44.4 Å². The van der Waals surface area contributed by atoms with E-state index in [4.69, 9.17) is 4.98 Å². The van der Waals surface area contributed by atoms with E-state index >= 15 is 0 Å². The number of nitrogens with one attached hydrogen (secondary N) is 1. The van der Waals surface area contributed by atoms with Crippen molar-refractivity contribution in [3.8, 4) is 21.8 Å². The minimum atomic E-state index is -0.162. The predicted octanol–water partition coefficient (Wildman–Crippen LogP) is 5.99. The molecule has 0 fully saturated rings. The normalized spacial score (nSPS) is 11.0. The zero-order valence-electron chi connectivity index (χ0n) is 17.2. The lowest BCUT2D eigenvalue weighted by molar-refractivity contribution is 0.103. The highest BCUT2D eigenvalue weighted by Gasteiger charge is 2.18. The van der Waals surface area contributed by atoms with Crippen molar-refractivity contribution in [1.29, 1.82) is 0 Å². The van der Waals surface area contributed by atoms with Crippen LogP contribution >= 0.6 is 11.3 Å². The number of carbonyl (C=O) groups is 1. The van der Waals surface area contributed by atoms with Crippen molar-refractivity contribution in [2.45, 2.75) is 13.8 Å². The number of pyridine rings is 1. The van der Waals surface area contributed by atoms with Crippen LogP contribution in [0.15, 0.2) is 79.1 Å². The first-order chi connectivity index (χ1) is 15.1. The molecule has 1 amide bonds. The summed E-state index contributed by atoms with van der Waals surface area (Å²) in [6, 6.07) is 21.7. The zero-order valence-corrected chi connectivity index (χ0v) is 18.0. The van der Waals surface area contributed by atoms with Gasteiger partial charge >= 0.3 is 0 Å². The van der Waals surface area contributed by atoms with Gasteiger partial charge in [0.15, 0.2) is 0 Å². The van der Waals surface area contributed by atoms with Crippen molar-refractivity contribution in [2.24, 2.45) is 0 Å². The number of hydrogen-bond donors (Lipinski definition) is 1. The maximum absolute atomic E-state index is 13.1. The largest absolute Gasteiger partial charge is 0.321 e. The Morgan fingerprint density at radius 1 is 0.935 bits per heavy atom. The molecule has 0 aliphatic heterocycles. The summed E-state index contributed by atoms with van der Waals surface area (Å²) in [5.41, 5.74) is 6.16. The second-order valence-electron chi connectivity index (χ2n) is 7.35. The van der Waals surface area contributed by atoms with E-state index in [1.165, 1.54) is 11.3 Å². The van der Waals surface area contributed by atoms with Crippen LogP contribution in [0.3, 0.4) is 0 Å². The van der Waals surface area contributed by atoms with Gasteiger partial charge in [-0.1, -0.05) is 54.6 Å². The zero-order chi connectivity index (χ0) is 21.4. The fraction of sp³-hybridized carbons (Fsp3) is 0.0800. The SMILES string of the molecule is Cc1nc(-c2ccccc2)sc1C(=O)Nc1ccccc1-c1cn2cccc(C)c2n1. The molecule has 0 spiro atoms. The molecule has 5 nitrogen and oxygen atoms in total. The Morgan fingerprint density at radius 3 is 2.52 bits per heavy atom. The molecule has 0 bridgehead atoms. The smallest absolute Gasteiger partial charge is 0.267 e. The van der Waals surface area contributed by atoms with Crippen molar-refractivity contribution in [3.63, 3.8) is 0 Å². The van der Waals surface area contributed by atoms with Crippen molar-refractivity contribution in [3.05, 3.63) is 95.3 Å². The van der Waals surface area contributed by atoms with Crippen LogP contribution < -0.4 is 5.32 Å². The summed E-state index contributed by atoms with van der Waals surface area (Å²) in [6.07, 6.45) is 3.96. The van der Waals surface area contributed by atoms with E-state index in [0.29, 0.717) is 4.88 Å². The Labute approximate surface area is 184 Å². The van der Waals surface area contributed by atoms with Crippen molar-refractivity contribution < 1.29 is 4.79 Å². The summed E-state index contributed by atoms with van der Waals surface area (Å²) in [7, 11) is 0. The number of benzene rings is 2. The summed E-state index contributed by atoms with van der Waals surface area (Å²) in [4.78, 5) is 23.1. The predicted molar refractivity (Wildman–Crippen MR) is 126 cm³/mol. The van der Waals surface area contributed by atoms with Crippen LogP contribution in [0.25, 0.3) is 27.5 Å². The molecule has 6 heteroatoms. The number of aryl methyl sites for hydroxylation is 2. The standard InChI is InChI=1S/C25H20N4OS/c1-16-9-8-14-29-15-21(27-23(16)29)19-12-6-7-13-20(19)28-24(30)22-17(2)26-25(31-22)18-10-4-3-5-11-18/h3-15H,1-2H3,(H,28,30). The van der Waals surface area contributed by atoms with Crippen LogP contribution in [-0.2, 0) is 0 Å². The summed E-state index contributed by atoms with van der Waals surface area (Å²) < 4.78 is 2.00. The van der Waals surface area contributed by atoms with Gasteiger partial charge in [-0.25, -0.2) is 9.97 Å². The maximum Gasteiger partial charge on any atom is 0.267 e. The number of nitrogens with zero attached hydrogens (tertiary/aromatic N) is 3. The highest BCUT2D eigenvalue weighted by atomic mass is 32.1. The molecule has 31 heavy (non-hydrogen) atoms. The van der Waals surface area contributed by atoms with E-state index in [-0.39, 0.29) is 5.91 Å². The first-order valence-corrected chi connectivity index (χ1v) is 10.8. The number of para-hydroxylation sites is 1. The number of aromatic nitrogens is 3. The van der Waals surface area contributed by atoms with Gasteiger partial charge in [0.1, 0.15) is 15.5 Å². The second-order valence-corrected chi connectivity index (χ2v) is 8.35. The first-order valence-electron chi connectivity index (χ1n) is 9.98. The number of anilines is 1. The number of carbonyl (C=O) groups excluding carboxylic acids is 1. The Morgan fingerprint density at radius 2 is 1.71 bits per heavy atom. The van der Waals surface area contributed by atoms with Gasteiger partial charge in [0.25, 0.3) is 5.91 Å². The fourth-order valence-electron chi connectivity index (χ4n) is 3.59. The molecule has 0 unspecified atom stereocenters. The second kappa shape index (κ2) is 7.81. The lowest BCUT2D eigenvalue weighted by atomic mass is 10.1. The van der Waals surface area contributed by atoms with Gasteiger partial charge in [-0.05, 0) is 31.5 Å². The molecule has 152 valence electrons. The number of amides is 1. The molecule has 3 aromatic heterocycles. The molecule has 5 rings (SSSR count). The first kappa shape index (κ1) is 19.2. The lowest BCUT2D eigenvalue weighted by Gasteiger charge is -2.08. The van der Waals surface area contributed by atoms with Gasteiger partial charge in [0.05, 0.1) is 17.1 Å². The third-order valence-electron chi connectivity index (χ3n) is 5.15. The van der Waals surface area contributed by atoms with Crippen molar-refractivity contribution in [1.82, 2.24) is 14.4 Å². The number of imidazole rings is 1. The van der Waals surface area contributed by atoms with E-state index in [2.05, 4.69) is 10.3 Å². The Bertz CT molecular complexity index is 1400. The molecule has 0 atom stereocenters. The van der Waals surface area contributed by atoms with Gasteiger partial charge < -0.3 is 9.72 Å². The highest BCUT2D eigenvalue weighted by Crippen LogP contribution is 2.31. The molecular formula is C25H20N4OS. The van der Waals surface area contributed by atoms with Gasteiger partial charge in [-0.2, -0.15) is 0 Å². The number of rotatable bonds is 4. The van der Waals surface area contributed by atoms with Gasteiger partial charge in [0, 0.05) is 23.5 Å². The van der Waals surface area contributed by atoms with E-state index in [1.807, 2.05) is 97.4 Å². The lowest BCUT2D eigenvalue weighted by Crippen LogP contribution is -2.12. The van der Waals surface area contributed by atoms with Crippen molar-refractivity contribution in [2.75, 3.05) is 5.32 Å². The molecule has 5 aromatic rings. The topological polar surface area (TPSA) is 59.3 Å². The number of thiazole rings is 1. The Balaban J connectivity index is 1.48. The third-order valence-corrected chi connectivity index (χ3v) is 6.36. The molecule has 0 saturated carbocycles. The molecular weight excluding hydrogens is 404 g/mol. The van der Waals surface area contributed by atoms with Crippen LogP contribution in [-0.4, -0.2) is 20.3 Å². The molecule has 2 aromatic carbocycles. The molecule has 0 aliphatic carbocycles. The van der Waals surface area contributed by atoms with Crippen LogP contribution in [0.2, 0.25) is 0 Å². The van der Waals surface area contributed by atoms with Crippen LogP contribution in [0, 0.1) is 13.8 Å². The molecule has 3 heterocycles. The quantitative estimate of drug-likeness (QED) is 0.385. The third kappa shape index (κ3) is 3.62. The molecule has 0 saturated heterocycles. The van der Waals surface area contributed by atoms with E-state index in [9.17, 15) is 4.79 Å². The maximum atomic E-state index is 13.1. The fourth-order valence-corrected chi connectivity index (χ4v) is 4.56. The minimum absolute atomic E-state index is 0.162. The number of hydrogen-bond acceptors (Lipinski definition) is 4. The van der Waals surface area contributed by atoms with Crippen LogP contribution in [0.5, 0.6) is 0 Å². The summed E-state index contributed by atoms with van der Waals surface area (Å²) in [6.45, 7) is 3.91. The average Bonchev–Trinajstić information content (AvgIpc) is 3.39. The van der Waals surface area contributed by atoms with E-state index < -0.39 is 0 Å². The van der Waals surface area contributed by atoms with Crippen molar-refractivity contribution >= 4 is 28.6 Å². The molecule has 1 N–H and O–H groups in total. The number of fused-ring (bicyclic) bond motifs is 1. The summed E-state index contributed by atoms with van der Waals surface area (Å²) in [5.74, 6) is -0.162. The summed E-state index contributed by atoms with van der Waals surface area (Å²) >= 11 is 1.40. The van der Waals surface area contributed by atoms with Gasteiger partial charge in [0.2, 0.25) is 0 Å². The van der Waals surface area contributed by atoms with Crippen LogP contribution in [0.4, 0.5) is 5.69 Å².